The minimum atomic E-state index is -0.521. The van der Waals surface area contributed by atoms with E-state index in [9.17, 15) is 9.18 Å². The Hall–Kier alpha value is -1.86. The fourth-order valence-corrected chi connectivity index (χ4v) is 4.21. The molecule has 1 aliphatic rings. The van der Waals surface area contributed by atoms with Crippen LogP contribution in [-0.4, -0.2) is 26.4 Å². The molecular formula is C19H22ClFN4OS. The van der Waals surface area contributed by atoms with Gasteiger partial charge < -0.3 is 9.88 Å². The highest BCUT2D eigenvalue weighted by atomic mass is 35.5. The summed E-state index contributed by atoms with van der Waals surface area (Å²) in [6, 6.07) is 4.05. The van der Waals surface area contributed by atoms with Crippen molar-refractivity contribution in [3.05, 3.63) is 47.5 Å². The molecule has 1 fully saturated rings. The van der Waals surface area contributed by atoms with Crippen LogP contribution in [0.1, 0.15) is 43.8 Å². The first kappa shape index (κ1) is 19.9. The second-order valence-electron chi connectivity index (χ2n) is 6.54. The Morgan fingerprint density at radius 2 is 2.15 bits per heavy atom. The van der Waals surface area contributed by atoms with Crippen molar-refractivity contribution in [3.8, 4) is 0 Å². The average Bonchev–Trinajstić information content (AvgIpc) is 3.07. The summed E-state index contributed by atoms with van der Waals surface area (Å²) >= 11 is 7.13. The molecule has 1 saturated carbocycles. The van der Waals surface area contributed by atoms with E-state index in [0.29, 0.717) is 22.6 Å². The molecule has 0 radical (unpaired) electrons. The highest BCUT2D eigenvalue weighted by Crippen LogP contribution is 2.33. The van der Waals surface area contributed by atoms with Gasteiger partial charge >= 0.3 is 0 Å². The molecule has 0 saturated heterocycles. The smallest absolute Gasteiger partial charge is 0.234 e. The van der Waals surface area contributed by atoms with E-state index in [4.69, 9.17) is 11.6 Å². The van der Waals surface area contributed by atoms with Gasteiger partial charge in [-0.3, -0.25) is 4.79 Å². The molecule has 5 nitrogen and oxygen atoms in total. The third kappa shape index (κ3) is 5.11. The van der Waals surface area contributed by atoms with E-state index in [1.165, 1.54) is 49.2 Å². The van der Waals surface area contributed by atoms with Crippen LogP contribution in [0, 0.1) is 5.82 Å². The normalized spacial score (nSPS) is 14.9. The molecule has 144 valence electrons. The van der Waals surface area contributed by atoms with E-state index in [-0.39, 0.29) is 17.3 Å². The number of amides is 1. The molecule has 3 rings (SSSR count). The first-order chi connectivity index (χ1) is 13.1. The quantitative estimate of drug-likeness (QED) is 0.515. The minimum Gasteiger partial charge on any atom is -0.323 e. The maximum atomic E-state index is 13.7. The summed E-state index contributed by atoms with van der Waals surface area (Å²) < 4.78 is 15.8. The third-order valence-corrected chi connectivity index (χ3v) is 5.76. The number of allylic oxidation sites excluding steroid dienone is 1. The van der Waals surface area contributed by atoms with Gasteiger partial charge in [-0.1, -0.05) is 48.7 Å². The number of thioether (sulfide) groups is 1. The fourth-order valence-electron chi connectivity index (χ4n) is 3.28. The number of hydrogen-bond acceptors (Lipinski definition) is 4. The molecule has 0 bridgehead atoms. The van der Waals surface area contributed by atoms with Gasteiger partial charge in [0, 0.05) is 17.5 Å². The van der Waals surface area contributed by atoms with Crippen molar-refractivity contribution < 1.29 is 9.18 Å². The zero-order valence-electron chi connectivity index (χ0n) is 15.0. The van der Waals surface area contributed by atoms with Crippen LogP contribution in [0.3, 0.4) is 0 Å². The topological polar surface area (TPSA) is 59.8 Å². The first-order valence-electron chi connectivity index (χ1n) is 9.00. The van der Waals surface area contributed by atoms with Crippen LogP contribution in [0.4, 0.5) is 10.1 Å². The lowest BCUT2D eigenvalue weighted by Gasteiger charge is -2.21. The number of nitrogens with one attached hydrogen (secondary N) is 1. The Labute approximate surface area is 167 Å². The molecular weight excluding hydrogens is 387 g/mol. The number of anilines is 1. The summed E-state index contributed by atoms with van der Waals surface area (Å²) in [7, 11) is 0. The van der Waals surface area contributed by atoms with Crippen molar-refractivity contribution in [2.75, 3.05) is 11.1 Å². The summed E-state index contributed by atoms with van der Waals surface area (Å²) in [5.41, 5.74) is 0.0727. The monoisotopic (exact) mass is 408 g/mol. The summed E-state index contributed by atoms with van der Waals surface area (Å²) in [6.45, 7) is 4.42. The zero-order chi connectivity index (χ0) is 19.2. The highest BCUT2D eigenvalue weighted by molar-refractivity contribution is 7.99. The molecule has 1 amide bonds. The van der Waals surface area contributed by atoms with Crippen molar-refractivity contribution >= 4 is 35.0 Å². The molecule has 0 atom stereocenters. The van der Waals surface area contributed by atoms with E-state index in [0.717, 1.165) is 18.7 Å². The Morgan fingerprint density at radius 3 is 2.89 bits per heavy atom. The lowest BCUT2D eigenvalue weighted by atomic mass is 9.89. The zero-order valence-corrected chi connectivity index (χ0v) is 16.5. The Bertz CT molecular complexity index is 820. The molecule has 1 aromatic heterocycles. The maximum Gasteiger partial charge on any atom is 0.234 e. The molecule has 8 heteroatoms. The van der Waals surface area contributed by atoms with Crippen molar-refractivity contribution in [1.29, 1.82) is 0 Å². The largest absolute Gasteiger partial charge is 0.323 e. The van der Waals surface area contributed by atoms with Gasteiger partial charge in [0.15, 0.2) is 5.16 Å². The van der Waals surface area contributed by atoms with Crippen LogP contribution in [0.2, 0.25) is 5.02 Å². The molecule has 1 heterocycles. The minimum absolute atomic E-state index is 0.0727. The molecule has 0 aliphatic heterocycles. The van der Waals surface area contributed by atoms with Crippen LogP contribution < -0.4 is 5.32 Å². The van der Waals surface area contributed by atoms with E-state index >= 15 is 0 Å². The summed E-state index contributed by atoms with van der Waals surface area (Å²) in [6.07, 6.45) is 7.74. The van der Waals surface area contributed by atoms with Gasteiger partial charge in [0.25, 0.3) is 0 Å². The lowest BCUT2D eigenvalue weighted by molar-refractivity contribution is -0.113. The highest BCUT2D eigenvalue weighted by Gasteiger charge is 2.23. The second kappa shape index (κ2) is 9.37. The molecule has 2 aromatic rings. The van der Waals surface area contributed by atoms with Crippen LogP contribution in [-0.2, 0) is 11.3 Å². The molecule has 1 aliphatic carbocycles. The fraction of sp³-hybridized carbons (Fsp3) is 0.421. The molecule has 0 unspecified atom stereocenters. The summed E-state index contributed by atoms with van der Waals surface area (Å²) in [5.74, 6) is 0.639. The number of hydrogen-bond donors (Lipinski definition) is 1. The molecule has 1 N–H and O–H groups in total. The standard InChI is InChI=1S/C19H22ClFN4OS/c1-2-10-25-18(13-6-4-3-5-7-13)23-24-19(25)27-12-17(26)22-16-11-14(20)8-9-15(16)21/h2,8-9,11,13H,1,3-7,10,12H2,(H,22,26). The Morgan fingerprint density at radius 1 is 1.37 bits per heavy atom. The van der Waals surface area contributed by atoms with Gasteiger partial charge in [0.05, 0.1) is 11.4 Å². The average molecular weight is 409 g/mol. The van der Waals surface area contributed by atoms with Crippen LogP contribution in [0.5, 0.6) is 0 Å². The lowest BCUT2D eigenvalue weighted by Crippen LogP contribution is -2.16. The number of carbonyl (C=O) groups is 1. The van der Waals surface area contributed by atoms with E-state index < -0.39 is 5.82 Å². The Kier molecular flexibility index (Phi) is 6.90. The molecule has 1 aromatic carbocycles. The Balaban J connectivity index is 1.66. The molecule has 27 heavy (non-hydrogen) atoms. The molecule has 0 spiro atoms. The van der Waals surface area contributed by atoms with Gasteiger partial charge in [0.1, 0.15) is 11.6 Å². The van der Waals surface area contributed by atoms with Gasteiger partial charge in [-0.05, 0) is 31.0 Å². The van der Waals surface area contributed by atoms with Gasteiger partial charge in [-0.25, -0.2) is 4.39 Å². The van der Waals surface area contributed by atoms with Crippen molar-refractivity contribution in [3.63, 3.8) is 0 Å². The second-order valence-corrected chi connectivity index (χ2v) is 7.91. The summed E-state index contributed by atoms with van der Waals surface area (Å²) in [4.78, 5) is 12.2. The van der Waals surface area contributed by atoms with E-state index in [1.807, 2.05) is 4.57 Å². The number of rotatable bonds is 7. The van der Waals surface area contributed by atoms with Crippen LogP contribution >= 0.6 is 23.4 Å². The van der Waals surface area contributed by atoms with Crippen LogP contribution in [0.15, 0.2) is 36.0 Å². The van der Waals surface area contributed by atoms with E-state index in [2.05, 4.69) is 22.1 Å². The summed E-state index contributed by atoms with van der Waals surface area (Å²) in [5, 5.41) is 12.2. The van der Waals surface area contributed by atoms with E-state index in [1.54, 1.807) is 6.08 Å². The van der Waals surface area contributed by atoms with Crippen molar-refractivity contribution in [2.45, 2.75) is 49.7 Å². The first-order valence-corrected chi connectivity index (χ1v) is 10.4. The number of halogens is 2. The number of aromatic nitrogens is 3. The number of nitrogens with zero attached hydrogens (tertiary/aromatic N) is 3. The van der Waals surface area contributed by atoms with Crippen molar-refractivity contribution in [2.24, 2.45) is 0 Å². The number of benzene rings is 1. The van der Waals surface area contributed by atoms with Crippen molar-refractivity contribution in [1.82, 2.24) is 14.8 Å². The number of carbonyl (C=O) groups excluding carboxylic acids is 1. The van der Waals surface area contributed by atoms with Crippen LogP contribution in [0.25, 0.3) is 0 Å². The SMILES string of the molecule is C=CCn1c(SCC(=O)Nc2cc(Cl)ccc2F)nnc1C1CCCCC1. The van der Waals surface area contributed by atoms with Gasteiger partial charge in [-0.2, -0.15) is 0 Å². The predicted octanol–water partition coefficient (Wildman–Crippen LogP) is 5.04. The van der Waals surface area contributed by atoms with Gasteiger partial charge in [-0.15, -0.1) is 16.8 Å². The maximum absolute atomic E-state index is 13.7. The third-order valence-electron chi connectivity index (χ3n) is 4.56. The predicted molar refractivity (Wildman–Crippen MR) is 107 cm³/mol. The van der Waals surface area contributed by atoms with Gasteiger partial charge in [0.2, 0.25) is 5.91 Å².